The zero-order valence-electron chi connectivity index (χ0n) is 15.4. The Balaban J connectivity index is 1.61. The van der Waals surface area contributed by atoms with Gasteiger partial charge in [0.2, 0.25) is 6.23 Å². The molecule has 2 aliphatic heterocycles. The molecule has 1 aromatic heterocycles. The second-order valence-electron chi connectivity index (χ2n) is 6.79. The molecule has 0 spiro atoms. The summed E-state index contributed by atoms with van der Waals surface area (Å²) in [5.74, 6) is 2.37. The largest absolute Gasteiger partial charge is 0.508 e. The summed E-state index contributed by atoms with van der Waals surface area (Å²) in [5.41, 5.74) is 2.83. The quantitative estimate of drug-likeness (QED) is 0.719. The highest BCUT2D eigenvalue weighted by molar-refractivity contribution is 6.02. The van der Waals surface area contributed by atoms with Gasteiger partial charge in [0.25, 0.3) is 0 Å². The average Bonchev–Trinajstić information content (AvgIpc) is 3.38. The lowest BCUT2D eigenvalue weighted by atomic mass is 9.96. The van der Waals surface area contributed by atoms with Crippen molar-refractivity contribution in [2.24, 2.45) is 5.10 Å². The first-order valence-corrected chi connectivity index (χ1v) is 9.35. The zero-order valence-corrected chi connectivity index (χ0v) is 15.4. The molecule has 0 saturated carbocycles. The molecule has 28 heavy (non-hydrogen) atoms. The summed E-state index contributed by atoms with van der Waals surface area (Å²) in [6.07, 6.45) is 1.85. The number of phenolic OH excluding ortho intramolecular Hbond substituents is 1. The third-order valence-electron chi connectivity index (χ3n) is 5.05. The molecular weight excluding hydrogens is 356 g/mol. The van der Waals surface area contributed by atoms with E-state index < -0.39 is 6.23 Å². The lowest BCUT2D eigenvalue weighted by molar-refractivity contribution is -0.0344. The van der Waals surface area contributed by atoms with E-state index in [1.807, 2.05) is 48.3 Å². The van der Waals surface area contributed by atoms with E-state index >= 15 is 0 Å². The summed E-state index contributed by atoms with van der Waals surface area (Å²) in [7, 11) is 0. The SMILES string of the molecule is CCOc1cccc2c1O[C@H](c1ccco1)N1N=C(c3cccc(O)c3)C[C@@H]21. The van der Waals surface area contributed by atoms with Gasteiger partial charge in [-0.3, -0.25) is 0 Å². The number of aromatic hydroxyl groups is 1. The van der Waals surface area contributed by atoms with Crippen molar-refractivity contribution in [2.75, 3.05) is 6.61 Å². The summed E-state index contributed by atoms with van der Waals surface area (Å²) in [6, 6.07) is 16.8. The molecule has 0 amide bonds. The minimum Gasteiger partial charge on any atom is -0.508 e. The van der Waals surface area contributed by atoms with Crippen LogP contribution in [0.5, 0.6) is 17.2 Å². The zero-order chi connectivity index (χ0) is 19.1. The molecule has 142 valence electrons. The van der Waals surface area contributed by atoms with Crippen LogP contribution in [0.25, 0.3) is 0 Å². The standard InChI is InChI=1S/C22H20N2O4/c1-2-26-19-9-4-8-16-18-13-17(14-6-3-7-15(25)12-14)23-24(18)22(28-21(16)19)20-10-5-11-27-20/h3-12,18,22,25H,2,13H2,1H3/t18-,22+/m0/s1. The van der Waals surface area contributed by atoms with Gasteiger partial charge in [-0.25, -0.2) is 5.01 Å². The molecule has 0 saturated heterocycles. The first-order chi connectivity index (χ1) is 13.7. The normalized spacial score (nSPS) is 20.2. The van der Waals surface area contributed by atoms with Crippen LogP contribution in [0.15, 0.2) is 70.4 Å². The Hall–Kier alpha value is -3.41. The molecule has 2 aliphatic rings. The van der Waals surface area contributed by atoms with Gasteiger partial charge in [0.1, 0.15) is 5.75 Å². The maximum Gasteiger partial charge on any atom is 0.246 e. The van der Waals surface area contributed by atoms with E-state index in [-0.39, 0.29) is 11.8 Å². The second-order valence-corrected chi connectivity index (χ2v) is 6.79. The van der Waals surface area contributed by atoms with Gasteiger partial charge >= 0.3 is 0 Å². The van der Waals surface area contributed by atoms with E-state index in [4.69, 9.17) is 19.0 Å². The number of ether oxygens (including phenoxy) is 2. The summed E-state index contributed by atoms with van der Waals surface area (Å²) >= 11 is 0. The predicted octanol–water partition coefficient (Wildman–Crippen LogP) is 4.63. The number of furan rings is 1. The van der Waals surface area contributed by atoms with Crippen LogP contribution in [0.3, 0.4) is 0 Å². The fourth-order valence-electron chi connectivity index (χ4n) is 3.83. The van der Waals surface area contributed by atoms with Gasteiger partial charge < -0.3 is 19.0 Å². The summed E-state index contributed by atoms with van der Waals surface area (Å²) in [5, 5.41) is 16.6. The topological polar surface area (TPSA) is 67.4 Å². The monoisotopic (exact) mass is 376 g/mol. The van der Waals surface area contributed by atoms with Crippen molar-refractivity contribution in [1.82, 2.24) is 5.01 Å². The van der Waals surface area contributed by atoms with Crippen LogP contribution in [-0.2, 0) is 0 Å². The molecule has 2 atom stereocenters. The molecule has 0 unspecified atom stereocenters. The number of para-hydroxylation sites is 1. The van der Waals surface area contributed by atoms with E-state index in [2.05, 4.69) is 6.07 Å². The lowest BCUT2D eigenvalue weighted by Crippen LogP contribution is -2.33. The molecular formula is C22H20N2O4. The van der Waals surface area contributed by atoms with Crippen LogP contribution < -0.4 is 9.47 Å². The fourth-order valence-corrected chi connectivity index (χ4v) is 3.83. The van der Waals surface area contributed by atoms with Gasteiger partial charge in [0.15, 0.2) is 17.3 Å². The average molecular weight is 376 g/mol. The van der Waals surface area contributed by atoms with E-state index in [0.717, 1.165) is 28.3 Å². The fraction of sp³-hybridized carbons (Fsp3) is 0.227. The Morgan fingerprint density at radius 2 is 2.07 bits per heavy atom. The molecule has 5 rings (SSSR count). The molecule has 3 heterocycles. The van der Waals surface area contributed by atoms with Crippen molar-refractivity contribution in [1.29, 1.82) is 0 Å². The van der Waals surface area contributed by atoms with Crippen molar-refractivity contribution < 1.29 is 19.0 Å². The molecule has 3 aromatic rings. The number of phenols is 1. The minimum atomic E-state index is -0.482. The van der Waals surface area contributed by atoms with E-state index in [1.54, 1.807) is 18.4 Å². The van der Waals surface area contributed by atoms with Crippen molar-refractivity contribution in [3.05, 3.63) is 77.7 Å². The van der Waals surface area contributed by atoms with Crippen molar-refractivity contribution >= 4 is 5.71 Å². The molecule has 0 bridgehead atoms. The summed E-state index contributed by atoms with van der Waals surface area (Å²) < 4.78 is 17.8. The smallest absolute Gasteiger partial charge is 0.246 e. The number of fused-ring (bicyclic) bond motifs is 3. The van der Waals surface area contributed by atoms with E-state index in [0.29, 0.717) is 18.8 Å². The summed E-state index contributed by atoms with van der Waals surface area (Å²) in [4.78, 5) is 0. The van der Waals surface area contributed by atoms with Gasteiger partial charge in [-0.15, -0.1) is 0 Å². The third kappa shape index (κ3) is 2.69. The van der Waals surface area contributed by atoms with Crippen molar-refractivity contribution in [3.8, 4) is 17.2 Å². The Labute approximate surface area is 162 Å². The predicted molar refractivity (Wildman–Crippen MR) is 104 cm³/mol. The number of nitrogens with zero attached hydrogens (tertiary/aromatic N) is 2. The molecule has 0 fully saturated rings. The molecule has 0 aliphatic carbocycles. The molecule has 0 radical (unpaired) electrons. The Kier molecular flexibility index (Phi) is 3.97. The first kappa shape index (κ1) is 16.7. The Bertz CT molecular complexity index is 1030. The van der Waals surface area contributed by atoms with Gasteiger partial charge in [-0.2, -0.15) is 5.10 Å². The van der Waals surface area contributed by atoms with Crippen LogP contribution in [0.4, 0.5) is 0 Å². The van der Waals surface area contributed by atoms with E-state index in [1.165, 1.54) is 0 Å². The Morgan fingerprint density at radius 1 is 1.18 bits per heavy atom. The van der Waals surface area contributed by atoms with Crippen LogP contribution in [-0.4, -0.2) is 22.4 Å². The van der Waals surface area contributed by atoms with E-state index in [9.17, 15) is 5.11 Å². The van der Waals surface area contributed by atoms with Crippen LogP contribution in [0.2, 0.25) is 0 Å². The minimum absolute atomic E-state index is 0.00314. The highest BCUT2D eigenvalue weighted by atomic mass is 16.5. The highest BCUT2D eigenvalue weighted by Crippen LogP contribution is 2.50. The maximum atomic E-state index is 9.86. The van der Waals surface area contributed by atoms with Crippen LogP contribution in [0.1, 0.15) is 42.5 Å². The van der Waals surface area contributed by atoms with Crippen molar-refractivity contribution in [3.63, 3.8) is 0 Å². The molecule has 6 nitrogen and oxygen atoms in total. The number of hydrazone groups is 1. The molecule has 1 N–H and O–H groups in total. The number of rotatable bonds is 4. The van der Waals surface area contributed by atoms with Gasteiger partial charge in [0.05, 0.1) is 24.6 Å². The number of hydrogen-bond acceptors (Lipinski definition) is 6. The van der Waals surface area contributed by atoms with Gasteiger partial charge in [-0.05, 0) is 37.3 Å². The maximum absolute atomic E-state index is 9.86. The lowest BCUT2D eigenvalue weighted by Gasteiger charge is -2.37. The Morgan fingerprint density at radius 3 is 2.86 bits per heavy atom. The molecule has 6 heteroatoms. The van der Waals surface area contributed by atoms with Crippen molar-refractivity contribution in [2.45, 2.75) is 25.6 Å². The second kappa shape index (κ2) is 6.64. The van der Waals surface area contributed by atoms with Crippen LogP contribution in [0, 0.1) is 0 Å². The third-order valence-corrected chi connectivity index (χ3v) is 5.05. The van der Waals surface area contributed by atoms with Crippen LogP contribution >= 0.6 is 0 Å². The summed E-state index contributed by atoms with van der Waals surface area (Å²) in [6.45, 7) is 2.52. The van der Waals surface area contributed by atoms with Gasteiger partial charge in [-0.1, -0.05) is 24.3 Å². The molecule has 2 aromatic carbocycles. The highest BCUT2D eigenvalue weighted by Gasteiger charge is 2.43. The first-order valence-electron chi connectivity index (χ1n) is 9.35. The number of hydrogen-bond donors (Lipinski definition) is 1. The van der Waals surface area contributed by atoms with Gasteiger partial charge in [0, 0.05) is 17.5 Å². The number of benzene rings is 2.